The number of fused-ring (bicyclic) bond motifs is 1. The van der Waals surface area contributed by atoms with Crippen LogP contribution in [-0.2, 0) is 13.6 Å². The Labute approximate surface area is 114 Å². The Morgan fingerprint density at radius 1 is 1.45 bits per heavy atom. The molecule has 0 aliphatic heterocycles. The third-order valence-electron chi connectivity index (χ3n) is 2.95. The predicted molar refractivity (Wildman–Crippen MR) is 72.7 cm³/mol. The molecule has 0 fully saturated rings. The molecule has 0 atom stereocenters. The van der Waals surface area contributed by atoms with Crippen molar-refractivity contribution < 1.29 is 9.90 Å². The quantitative estimate of drug-likeness (QED) is 0.748. The van der Waals surface area contributed by atoms with Gasteiger partial charge in [-0.15, -0.1) is 0 Å². The highest BCUT2D eigenvalue weighted by atomic mass is 16.4. The van der Waals surface area contributed by atoms with Crippen LogP contribution in [0.1, 0.15) is 16.1 Å². The first-order chi connectivity index (χ1) is 9.65. The van der Waals surface area contributed by atoms with Crippen molar-refractivity contribution in [3.63, 3.8) is 0 Å². The zero-order valence-electron chi connectivity index (χ0n) is 10.8. The maximum Gasteiger partial charge on any atom is 0.356 e. The lowest BCUT2D eigenvalue weighted by atomic mass is 10.3. The summed E-state index contributed by atoms with van der Waals surface area (Å²) in [5.74, 6) is -0.662. The van der Waals surface area contributed by atoms with Crippen molar-refractivity contribution in [3.05, 3.63) is 48.0 Å². The number of imidazole rings is 1. The maximum absolute atomic E-state index is 11.4. The average Bonchev–Trinajstić information content (AvgIpc) is 2.99. The van der Waals surface area contributed by atoms with Gasteiger partial charge in [0.05, 0.1) is 6.20 Å². The molecule has 0 amide bonds. The van der Waals surface area contributed by atoms with Crippen LogP contribution < -0.4 is 5.32 Å². The Bertz CT molecular complexity index is 774. The average molecular weight is 271 g/mol. The molecule has 3 rings (SSSR count). The summed E-state index contributed by atoms with van der Waals surface area (Å²) < 4.78 is 3.24. The summed E-state index contributed by atoms with van der Waals surface area (Å²) in [4.78, 5) is 15.7. The lowest BCUT2D eigenvalue weighted by molar-refractivity contribution is 0.0690. The molecule has 0 spiro atoms. The van der Waals surface area contributed by atoms with E-state index in [0.717, 1.165) is 5.56 Å². The second-order valence-corrected chi connectivity index (χ2v) is 4.42. The van der Waals surface area contributed by atoms with Crippen molar-refractivity contribution >= 4 is 17.4 Å². The van der Waals surface area contributed by atoms with Gasteiger partial charge in [-0.1, -0.05) is 6.07 Å². The Morgan fingerprint density at radius 2 is 2.30 bits per heavy atom. The van der Waals surface area contributed by atoms with Crippen LogP contribution >= 0.6 is 0 Å². The van der Waals surface area contributed by atoms with Gasteiger partial charge in [-0.25, -0.2) is 9.78 Å². The molecule has 7 heteroatoms. The number of aryl methyl sites for hydroxylation is 1. The molecular formula is C13H13N5O2. The molecule has 3 heterocycles. The third kappa shape index (κ3) is 2.09. The SMILES string of the molecule is Cn1cc(CNc2nc3ccccn3c2C(=O)O)cn1. The van der Waals surface area contributed by atoms with Gasteiger partial charge in [0.1, 0.15) is 5.65 Å². The van der Waals surface area contributed by atoms with Crippen LogP contribution in [0.4, 0.5) is 5.82 Å². The van der Waals surface area contributed by atoms with Gasteiger partial charge in [0.25, 0.3) is 0 Å². The highest BCUT2D eigenvalue weighted by molar-refractivity contribution is 5.92. The number of pyridine rings is 1. The molecule has 3 aromatic rings. The fourth-order valence-corrected chi connectivity index (χ4v) is 2.07. The van der Waals surface area contributed by atoms with Crippen LogP contribution in [0.25, 0.3) is 5.65 Å². The first-order valence-corrected chi connectivity index (χ1v) is 6.07. The number of carboxylic acids is 1. The van der Waals surface area contributed by atoms with Crippen LogP contribution in [0.2, 0.25) is 0 Å². The zero-order valence-corrected chi connectivity index (χ0v) is 10.8. The molecule has 20 heavy (non-hydrogen) atoms. The summed E-state index contributed by atoms with van der Waals surface area (Å²) >= 11 is 0. The Kier molecular flexibility index (Phi) is 2.86. The first-order valence-electron chi connectivity index (χ1n) is 6.07. The monoisotopic (exact) mass is 271 g/mol. The van der Waals surface area contributed by atoms with Crippen LogP contribution in [-0.4, -0.2) is 30.2 Å². The van der Waals surface area contributed by atoms with Gasteiger partial charge in [0, 0.05) is 31.5 Å². The van der Waals surface area contributed by atoms with Gasteiger partial charge in [0.2, 0.25) is 0 Å². The van der Waals surface area contributed by atoms with E-state index in [4.69, 9.17) is 0 Å². The molecule has 0 radical (unpaired) electrons. The molecule has 7 nitrogen and oxygen atoms in total. The maximum atomic E-state index is 11.4. The lowest BCUT2D eigenvalue weighted by Crippen LogP contribution is -2.07. The van der Waals surface area contributed by atoms with Gasteiger partial charge in [-0.2, -0.15) is 5.10 Å². The van der Waals surface area contributed by atoms with Crippen molar-refractivity contribution in [1.29, 1.82) is 0 Å². The van der Waals surface area contributed by atoms with Crippen LogP contribution in [0.15, 0.2) is 36.8 Å². The highest BCUT2D eigenvalue weighted by Gasteiger charge is 2.18. The summed E-state index contributed by atoms with van der Waals surface area (Å²) in [5.41, 5.74) is 1.68. The standard InChI is InChI=1S/C13H13N5O2/c1-17-8-9(7-15-17)6-14-12-11(13(19)20)18-5-3-2-4-10(18)16-12/h2-5,7-8,14H,6H2,1H3,(H,19,20). The molecule has 3 aromatic heterocycles. The van der Waals surface area contributed by atoms with E-state index < -0.39 is 5.97 Å². The van der Waals surface area contributed by atoms with E-state index in [1.165, 1.54) is 0 Å². The Hall–Kier alpha value is -2.83. The highest BCUT2D eigenvalue weighted by Crippen LogP contribution is 2.18. The van der Waals surface area contributed by atoms with E-state index >= 15 is 0 Å². The number of rotatable bonds is 4. The molecule has 0 saturated carbocycles. The number of hydrogen-bond donors (Lipinski definition) is 2. The molecule has 0 saturated heterocycles. The summed E-state index contributed by atoms with van der Waals surface area (Å²) in [7, 11) is 1.83. The molecule has 0 unspecified atom stereocenters. The van der Waals surface area contributed by atoms with Crippen molar-refractivity contribution in [2.24, 2.45) is 7.05 Å². The number of anilines is 1. The van der Waals surface area contributed by atoms with Gasteiger partial charge in [0.15, 0.2) is 11.5 Å². The Morgan fingerprint density at radius 3 is 3.00 bits per heavy atom. The van der Waals surface area contributed by atoms with Gasteiger partial charge in [-0.05, 0) is 12.1 Å². The molecule has 0 aliphatic rings. The van der Waals surface area contributed by atoms with Crippen LogP contribution in [0.5, 0.6) is 0 Å². The first kappa shape index (κ1) is 12.2. The molecule has 0 aliphatic carbocycles. The van der Waals surface area contributed by atoms with E-state index in [-0.39, 0.29) is 5.69 Å². The smallest absolute Gasteiger partial charge is 0.356 e. The number of carboxylic acid groups (broad SMARTS) is 1. The third-order valence-corrected chi connectivity index (χ3v) is 2.95. The van der Waals surface area contributed by atoms with Crippen molar-refractivity contribution in [3.8, 4) is 0 Å². The molecule has 0 bridgehead atoms. The van der Waals surface area contributed by atoms with E-state index in [2.05, 4.69) is 15.4 Å². The van der Waals surface area contributed by atoms with Crippen LogP contribution in [0, 0.1) is 0 Å². The van der Waals surface area contributed by atoms with Crippen molar-refractivity contribution in [2.45, 2.75) is 6.54 Å². The van der Waals surface area contributed by atoms with E-state index in [9.17, 15) is 9.90 Å². The predicted octanol–water partition coefficient (Wildman–Crippen LogP) is 1.38. The second kappa shape index (κ2) is 4.69. The second-order valence-electron chi connectivity index (χ2n) is 4.42. The van der Waals surface area contributed by atoms with E-state index in [1.807, 2.05) is 19.3 Å². The number of carbonyl (C=O) groups is 1. The molecule has 102 valence electrons. The molecule has 0 aromatic carbocycles. The number of aromatic carboxylic acids is 1. The van der Waals surface area contributed by atoms with Gasteiger partial charge >= 0.3 is 5.97 Å². The van der Waals surface area contributed by atoms with Crippen molar-refractivity contribution in [1.82, 2.24) is 19.2 Å². The fourth-order valence-electron chi connectivity index (χ4n) is 2.07. The fraction of sp³-hybridized carbons (Fsp3) is 0.154. The van der Waals surface area contributed by atoms with E-state index in [1.54, 1.807) is 33.6 Å². The minimum Gasteiger partial charge on any atom is -0.476 e. The van der Waals surface area contributed by atoms with Gasteiger partial charge in [-0.3, -0.25) is 9.08 Å². The minimum absolute atomic E-state index is 0.129. The van der Waals surface area contributed by atoms with Crippen LogP contribution in [0.3, 0.4) is 0 Å². The largest absolute Gasteiger partial charge is 0.476 e. The number of hydrogen-bond acceptors (Lipinski definition) is 4. The summed E-state index contributed by atoms with van der Waals surface area (Å²) in [6, 6.07) is 5.35. The normalized spacial score (nSPS) is 10.8. The number of nitrogens with zero attached hydrogens (tertiary/aromatic N) is 4. The number of aromatic nitrogens is 4. The minimum atomic E-state index is -1.02. The molecule has 2 N–H and O–H groups in total. The molecular weight excluding hydrogens is 258 g/mol. The Balaban J connectivity index is 1.94. The number of nitrogens with one attached hydrogen (secondary N) is 1. The van der Waals surface area contributed by atoms with E-state index in [0.29, 0.717) is 18.0 Å². The summed E-state index contributed by atoms with van der Waals surface area (Å²) in [6.07, 6.45) is 5.27. The summed E-state index contributed by atoms with van der Waals surface area (Å²) in [5, 5.41) is 16.4. The zero-order chi connectivity index (χ0) is 14.1. The summed E-state index contributed by atoms with van der Waals surface area (Å²) in [6.45, 7) is 0.470. The van der Waals surface area contributed by atoms with Gasteiger partial charge < -0.3 is 10.4 Å². The topological polar surface area (TPSA) is 84.5 Å². The van der Waals surface area contributed by atoms with Crippen molar-refractivity contribution in [2.75, 3.05) is 5.32 Å². The lowest BCUT2D eigenvalue weighted by Gasteiger charge is -2.02.